The van der Waals surface area contributed by atoms with Gasteiger partial charge in [-0.05, 0) is 42.7 Å². The first-order valence-corrected chi connectivity index (χ1v) is 10.5. The van der Waals surface area contributed by atoms with Crippen LogP contribution in [0, 0.1) is 13.8 Å². The SMILES string of the molecule is Cc1cc(C)cc(OCCNC(=O)[C@@H](c2ccccc2)N(C)S(C)(=O)=O)c1. The first kappa shape index (κ1) is 20.9. The fraction of sp³-hybridized carbons (Fsp3) is 0.350. The molecule has 0 saturated heterocycles. The molecule has 2 rings (SSSR count). The summed E-state index contributed by atoms with van der Waals surface area (Å²) in [5, 5.41) is 2.76. The minimum absolute atomic E-state index is 0.271. The molecule has 0 unspecified atom stereocenters. The summed E-state index contributed by atoms with van der Waals surface area (Å²) < 4.78 is 30.7. The van der Waals surface area contributed by atoms with Crippen molar-refractivity contribution in [1.29, 1.82) is 0 Å². The van der Waals surface area contributed by atoms with Crippen LogP contribution in [0.4, 0.5) is 0 Å². The largest absolute Gasteiger partial charge is 0.492 e. The molecule has 0 radical (unpaired) electrons. The number of rotatable bonds is 8. The summed E-state index contributed by atoms with van der Waals surface area (Å²) in [6.07, 6.45) is 1.08. The second kappa shape index (κ2) is 9.01. The van der Waals surface area contributed by atoms with E-state index in [1.165, 1.54) is 7.05 Å². The highest BCUT2D eigenvalue weighted by molar-refractivity contribution is 7.88. The molecule has 2 aromatic carbocycles. The van der Waals surface area contributed by atoms with Crippen LogP contribution in [0.5, 0.6) is 5.75 Å². The van der Waals surface area contributed by atoms with E-state index in [1.807, 2.05) is 32.0 Å². The summed E-state index contributed by atoms with van der Waals surface area (Å²) in [5.74, 6) is 0.354. The van der Waals surface area contributed by atoms with E-state index in [-0.39, 0.29) is 6.54 Å². The Morgan fingerprint density at radius 2 is 1.70 bits per heavy atom. The summed E-state index contributed by atoms with van der Waals surface area (Å²) in [6.45, 7) is 4.55. The molecule has 1 amide bonds. The number of ether oxygens (including phenoxy) is 1. The number of sulfonamides is 1. The van der Waals surface area contributed by atoms with Gasteiger partial charge in [-0.25, -0.2) is 8.42 Å². The Hall–Kier alpha value is -2.38. The second-order valence-electron chi connectivity index (χ2n) is 6.56. The van der Waals surface area contributed by atoms with Gasteiger partial charge in [-0.2, -0.15) is 4.31 Å². The van der Waals surface area contributed by atoms with Gasteiger partial charge >= 0.3 is 0 Å². The molecule has 0 bridgehead atoms. The van der Waals surface area contributed by atoms with Crippen LogP contribution in [0.1, 0.15) is 22.7 Å². The molecule has 6 nitrogen and oxygen atoms in total. The molecular weight excluding hydrogens is 364 g/mol. The summed E-state index contributed by atoms with van der Waals surface area (Å²) in [4.78, 5) is 12.7. The molecule has 146 valence electrons. The van der Waals surface area contributed by atoms with Crippen molar-refractivity contribution in [1.82, 2.24) is 9.62 Å². The average molecular weight is 391 g/mol. The molecule has 0 fully saturated rings. The van der Waals surface area contributed by atoms with Crippen molar-refractivity contribution in [3.8, 4) is 5.75 Å². The summed E-state index contributed by atoms with van der Waals surface area (Å²) in [5.41, 5.74) is 2.82. The zero-order chi connectivity index (χ0) is 20.0. The lowest BCUT2D eigenvalue weighted by Gasteiger charge is -2.25. The van der Waals surface area contributed by atoms with Gasteiger partial charge < -0.3 is 10.1 Å². The number of nitrogens with zero attached hydrogens (tertiary/aromatic N) is 1. The van der Waals surface area contributed by atoms with Crippen molar-refractivity contribution in [2.45, 2.75) is 19.9 Å². The summed E-state index contributed by atoms with van der Waals surface area (Å²) in [6, 6.07) is 13.8. The van der Waals surface area contributed by atoms with E-state index in [0.29, 0.717) is 12.2 Å². The zero-order valence-corrected chi connectivity index (χ0v) is 16.9. The number of benzene rings is 2. The molecule has 0 heterocycles. The van der Waals surface area contributed by atoms with Crippen molar-refractivity contribution in [2.24, 2.45) is 0 Å². The molecule has 0 spiro atoms. The van der Waals surface area contributed by atoms with Crippen LogP contribution in [0.15, 0.2) is 48.5 Å². The molecule has 27 heavy (non-hydrogen) atoms. The molecular formula is C20H26N2O4S. The number of carbonyl (C=O) groups excluding carboxylic acids is 1. The van der Waals surface area contributed by atoms with Crippen LogP contribution >= 0.6 is 0 Å². The second-order valence-corrected chi connectivity index (χ2v) is 8.60. The number of hydrogen-bond acceptors (Lipinski definition) is 4. The molecule has 0 aliphatic heterocycles. The van der Waals surface area contributed by atoms with Crippen molar-refractivity contribution in [3.05, 3.63) is 65.2 Å². The standard InChI is InChI=1S/C20H26N2O4S/c1-15-12-16(2)14-18(13-15)26-11-10-21-20(23)19(22(3)27(4,24)25)17-8-6-5-7-9-17/h5-9,12-14,19H,10-11H2,1-4H3,(H,21,23)/t19-/m1/s1. The van der Waals surface area contributed by atoms with Gasteiger partial charge in [0, 0.05) is 7.05 Å². The Morgan fingerprint density at radius 3 is 2.26 bits per heavy atom. The normalized spacial score (nSPS) is 12.6. The van der Waals surface area contributed by atoms with E-state index in [4.69, 9.17) is 4.74 Å². The van der Waals surface area contributed by atoms with Gasteiger partial charge in [0.25, 0.3) is 0 Å². The molecule has 7 heteroatoms. The van der Waals surface area contributed by atoms with E-state index >= 15 is 0 Å². The van der Waals surface area contributed by atoms with Crippen LogP contribution in [0.2, 0.25) is 0 Å². The van der Waals surface area contributed by atoms with Gasteiger partial charge in [-0.15, -0.1) is 0 Å². The monoisotopic (exact) mass is 390 g/mol. The van der Waals surface area contributed by atoms with Gasteiger partial charge in [0.2, 0.25) is 15.9 Å². The number of aryl methyl sites for hydroxylation is 2. The minimum atomic E-state index is -3.54. The highest BCUT2D eigenvalue weighted by Gasteiger charge is 2.30. The van der Waals surface area contributed by atoms with Gasteiger partial charge in [0.05, 0.1) is 12.8 Å². The lowest BCUT2D eigenvalue weighted by atomic mass is 10.1. The summed E-state index contributed by atoms with van der Waals surface area (Å²) in [7, 11) is -2.14. The predicted molar refractivity (Wildman–Crippen MR) is 106 cm³/mol. The number of carbonyl (C=O) groups is 1. The van der Waals surface area contributed by atoms with Crippen LogP contribution in [0.3, 0.4) is 0 Å². The number of likely N-dealkylation sites (N-methyl/N-ethyl adjacent to an activating group) is 1. The smallest absolute Gasteiger partial charge is 0.243 e. The Labute approximate surface area is 161 Å². The number of nitrogens with one attached hydrogen (secondary N) is 1. The third kappa shape index (κ3) is 6.08. The molecule has 1 N–H and O–H groups in total. The minimum Gasteiger partial charge on any atom is -0.492 e. The lowest BCUT2D eigenvalue weighted by molar-refractivity contribution is -0.124. The van der Waals surface area contributed by atoms with Crippen LogP contribution < -0.4 is 10.1 Å². The first-order chi connectivity index (χ1) is 12.7. The van der Waals surface area contributed by atoms with Crippen LogP contribution in [-0.2, 0) is 14.8 Å². The summed E-state index contributed by atoms with van der Waals surface area (Å²) >= 11 is 0. The van der Waals surface area contributed by atoms with Gasteiger partial charge in [-0.1, -0.05) is 36.4 Å². The quantitative estimate of drug-likeness (QED) is 0.703. The molecule has 0 aromatic heterocycles. The van der Waals surface area contributed by atoms with Crippen molar-refractivity contribution >= 4 is 15.9 Å². The fourth-order valence-corrected chi connectivity index (χ4v) is 3.41. The van der Waals surface area contributed by atoms with E-state index in [1.54, 1.807) is 24.3 Å². The fourth-order valence-electron chi connectivity index (χ4n) is 2.81. The van der Waals surface area contributed by atoms with E-state index in [9.17, 15) is 13.2 Å². The van der Waals surface area contributed by atoms with Gasteiger partial charge in [0.15, 0.2) is 0 Å². The predicted octanol–water partition coefficient (Wildman–Crippen LogP) is 2.43. The Bertz CT molecular complexity index is 862. The van der Waals surface area contributed by atoms with Gasteiger partial charge in [-0.3, -0.25) is 4.79 Å². The highest BCUT2D eigenvalue weighted by atomic mass is 32.2. The Morgan fingerprint density at radius 1 is 1.11 bits per heavy atom. The molecule has 2 aromatic rings. The topological polar surface area (TPSA) is 75.7 Å². The average Bonchev–Trinajstić information content (AvgIpc) is 2.58. The van der Waals surface area contributed by atoms with Crippen molar-refractivity contribution in [3.63, 3.8) is 0 Å². The molecule has 0 aliphatic carbocycles. The van der Waals surface area contributed by atoms with Crippen LogP contribution in [0.25, 0.3) is 0 Å². The van der Waals surface area contributed by atoms with Gasteiger partial charge in [0.1, 0.15) is 18.4 Å². The molecule has 1 atom stereocenters. The Balaban J connectivity index is 2.01. The van der Waals surface area contributed by atoms with E-state index in [0.717, 1.165) is 27.4 Å². The lowest BCUT2D eigenvalue weighted by Crippen LogP contribution is -2.42. The van der Waals surface area contributed by atoms with E-state index in [2.05, 4.69) is 11.4 Å². The third-order valence-corrected chi connectivity index (χ3v) is 5.37. The molecule has 0 aliphatic rings. The zero-order valence-electron chi connectivity index (χ0n) is 16.1. The maximum absolute atomic E-state index is 12.7. The number of hydrogen-bond donors (Lipinski definition) is 1. The molecule has 0 saturated carbocycles. The van der Waals surface area contributed by atoms with E-state index < -0.39 is 22.0 Å². The maximum atomic E-state index is 12.7. The Kier molecular flexibility index (Phi) is 6.98. The maximum Gasteiger partial charge on any atom is 0.243 e. The third-order valence-electron chi connectivity index (χ3n) is 4.12. The van der Waals surface area contributed by atoms with Crippen molar-refractivity contribution < 1.29 is 17.9 Å². The first-order valence-electron chi connectivity index (χ1n) is 8.65. The number of amides is 1. The van der Waals surface area contributed by atoms with Crippen LogP contribution in [-0.4, -0.2) is 45.1 Å². The highest BCUT2D eigenvalue weighted by Crippen LogP contribution is 2.22. The van der Waals surface area contributed by atoms with Crippen molar-refractivity contribution in [2.75, 3.05) is 26.5 Å².